The van der Waals surface area contributed by atoms with Crippen LogP contribution < -0.4 is 20.1 Å². The molecule has 2 fully saturated rings. The SMILES string of the molecule is COc1ccc(C2(C)CCCN2)cc1OC1CCCNC1. The first-order valence-corrected chi connectivity index (χ1v) is 8.02. The van der Waals surface area contributed by atoms with Crippen LogP contribution in [0.3, 0.4) is 0 Å². The molecule has 0 aliphatic carbocycles. The van der Waals surface area contributed by atoms with Gasteiger partial charge in [0.2, 0.25) is 0 Å². The molecule has 0 spiro atoms. The summed E-state index contributed by atoms with van der Waals surface area (Å²) in [6.07, 6.45) is 4.92. The van der Waals surface area contributed by atoms with E-state index in [2.05, 4.69) is 29.7 Å². The zero-order valence-electron chi connectivity index (χ0n) is 13.1. The van der Waals surface area contributed by atoms with E-state index >= 15 is 0 Å². The fourth-order valence-electron chi connectivity index (χ4n) is 3.35. The van der Waals surface area contributed by atoms with E-state index in [1.165, 1.54) is 24.8 Å². The summed E-state index contributed by atoms with van der Waals surface area (Å²) in [6.45, 7) is 5.38. The van der Waals surface area contributed by atoms with Crippen LogP contribution in [-0.4, -0.2) is 32.8 Å². The molecule has 2 aliphatic rings. The Hall–Kier alpha value is -1.26. The van der Waals surface area contributed by atoms with Crippen LogP contribution in [-0.2, 0) is 5.54 Å². The van der Waals surface area contributed by atoms with Crippen molar-refractivity contribution < 1.29 is 9.47 Å². The average molecular weight is 290 g/mol. The van der Waals surface area contributed by atoms with Crippen LogP contribution in [0.4, 0.5) is 0 Å². The first-order valence-electron chi connectivity index (χ1n) is 8.02. The van der Waals surface area contributed by atoms with E-state index in [0.717, 1.165) is 37.6 Å². The van der Waals surface area contributed by atoms with E-state index in [0.29, 0.717) is 0 Å². The van der Waals surface area contributed by atoms with Crippen molar-refractivity contribution in [2.24, 2.45) is 0 Å². The quantitative estimate of drug-likeness (QED) is 0.894. The third-order valence-corrected chi connectivity index (χ3v) is 4.71. The van der Waals surface area contributed by atoms with Gasteiger partial charge in [-0.2, -0.15) is 0 Å². The van der Waals surface area contributed by atoms with Crippen LogP contribution in [0.15, 0.2) is 18.2 Å². The molecule has 0 amide bonds. The lowest BCUT2D eigenvalue weighted by atomic mass is 9.90. The number of piperidine rings is 1. The molecule has 4 heteroatoms. The molecule has 0 radical (unpaired) electrons. The largest absolute Gasteiger partial charge is 0.493 e. The van der Waals surface area contributed by atoms with E-state index in [4.69, 9.17) is 9.47 Å². The minimum absolute atomic E-state index is 0.0647. The summed E-state index contributed by atoms with van der Waals surface area (Å²) in [5, 5.41) is 7.00. The Kier molecular flexibility index (Phi) is 4.36. The fraction of sp³-hybridized carbons (Fsp3) is 0.647. The standard InChI is InChI=1S/C17H26N2O2/c1-17(8-4-10-19-17)13-6-7-15(20-2)16(11-13)21-14-5-3-9-18-12-14/h6-7,11,14,18-19H,3-5,8-10,12H2,1-2H3. The number of benzene rings is 1. The van der Waals surface area contributed by atoms with Gasteiger partial charge in [-0.05, 0) is 63.4 Å². The van der Waals surface area contributed by atoms with Crippen molar-refractivity contribution >= 4 is 0 Å². The first kappa shape index (κ1) is 14.7. The Morgan fingerprint density at radius 1 is 1.19 bits per heavy atom. The molecule has 4 nitrogen and oxygen atoms in total. The maximum Gasteiger partial charge on any atom is 0.161 e. The molecule has 0 saturated carbocycles. The zero-order chi connectivity index (χ0) is 14.7. The van der Waals surface area contributed by atoms with Crippen LogP contribution in [0.25, 0.3) is 0 Å². The lowest BCUT2D eigenvalue weighted by Crippen LogP contribution is -2.37. The number of methoxy groups -OCH3 is 1. The van der Waals surface area contributed by atoms with Crippen molar-refractivity contribution in [1.82, 2.24) is 10.6 Å². The highest BCUT2D eigenvalue weighted by molar-refractivity contribution is 5.45. The van der Waals surface area contributed by atoms with Gasteiger partial charge in [0.05, 0.1) is 7.11 Å². The van der Waals surface area contributed by atoms with Gasteiger partial charge in [-0.3, -0.25) is 0 Å². The van der Waals surface area contributed by atoms with E-state index < -0.39 is 0 Å². The van der Waals surface area contributed by atoms with Crippen molar-refractivity contribution in [1.29, 1.82) is 0 Å². The Morgan fingerprint density at radius 3 is 2.76 bits per heavy atom. The Balaban J connectivity index is 1.82. The van der Waals surface area contributed by atoms with E-state index in [9.17, 15) is 0 Å². The zero-order valence-corrected chi connectivity index (χ0v) is 13.1. The predicted molar refractivity (Wildman–Crippen MR) is 84.1 cm³/mol. The number of ether oxygens (including phenoxy) is 2. The molecular formula is C17H26N2O2. The third-order valence-electron chi connectivity index (χ3n) is 4.71. The van der Waals surface area contributed by atoms with Crippen LogP contribution in [0.5, 0.6) is 11.5 Å². The van der Waals surface area contributed by atoms with Gasteiger partial charge < -0.3 is 20.1 Å². The minimum atomic E-state index is 0.0647. The Morgan fingerprint density at radius 2 is 2.10 bits per heavy atom. The topological polar surface area (TPSA) is 42.5 Å². The maximum atomic E-state index is 6.21. The van der Waals surface area contributed by atoms with Crippen molar-refractivity contribution in [3.8, 4) is 11.5 Å². The van der Waals surface area contributed by atoms with Crippen LogP contribution in [0.1, 0.15) is 38.2 Å². The average Bonchev–Trinajstić information content (AvgIpc) is 2.96. The number of nitrogens with one attached hydrogen (secondary N) is 2. The molecule has 21 heavy (non-hydrogen) atoms. The molecule has 0 bridgehead atoms. The van der Waals surface area contributed by atoms with Crippen molar-refractivity contribution in [2.45, 2.75) is 44.2 Å². The summed E-state index contributed by atoms with van der Waals surface area (Å²) < 4.78 is 11.7. The molecule has 2 saturated heterocycles. The number of hydrogen-bond acceptors (Lipinski definition) is 4. The fourth-order valence-corrected chi connectivity index (χ4v) is 3.35. The minimum Gasteiger partial charge on any atom is -0.493 e. The smallest absolute Gasteiger partial charge is 0.161 e. The van der Waals surface area contributed by atoms with E-state index in [1.54, 1.807) is 7.11 Å². The van der Waals surface area contributed by atoms with Gasteiger partial charge in [0, 0.05) is 12.1 Å². The van der Waals surface area contributed by atoms with Crippen LogP contribution in [0, 0.1) is 0 Å². The molecule has 2 unspecified atom stereocenters. The van der Waals surface area contributed by atoms with Gasteiger partial charge in [0.1, 0.15) is 6.10 Å². The van der Waals surface area contributed by atoms with Crippen molar-refractivity contribution in [3.05, 3.63) is 23.8 Å². The molecular weight excluding hydrogens is 264 g/mol. The van der Waals surface area contributed by atoms with Gasteiger partial charge >= 0.3 is 0 Å². The summed E-state index contributed by atoms with van der Waals surface area (Å²) in [6, 6.07) is 6.35. The molecule has 2 atom stereocenters. The van der Waals surface area contributed by atoms with Gasteiger partial charge in [0.15, 0.2) is 11.5 Å². The molecule has 2 heterocycles. The van der Waals surface area contributed by atoms with Crippen LogP contribution in [0.2, 0.25) is 0 Å². The van der Waals surface area contributed by atoms with E-state index in [1.807, 2.05) is 6.07 Å². The predicted octanol–water partition coefficient (Wildman–Crippen LogP) is 2.42. The Labute approximate surface area is 127 Å². The normalized spacial score (nSPS) is 29.3. The Bertz CT molecular complexity index is 478. The summed E-state index contributed by atoms with van der Waals surface area (Å²) >= 11 is 0. The lowest BCUT2D eigenvalue weighted by molar-refractivity contribution is 0.160. The second kappa shape index (κ2) is 6.24. The second-order valence-electron chi connectivity index (χ2n) is 6.31. The van der Waals surface area contributed by atoms with Crippen molar-refractivity contribution in [2.75, 3.05) is 26.7 Å². The number of hydrogen-bond donors (Lipinski definition) is 2. The second-order valence-corrected chi connectivity index (χ2v) is 6.31. The summed E-state index contributed by atoms with van der Waals surface area (Å²) in [5.74, 6) is 1.70. The lowest BCUT2D eigenvalue weighted by Gasteiger charge is -2.28. The summed E-state index contributed by atoms with van der Waals surface area (Å²) in [4.78, 5) is 0. The highest BCUT2D eigenvalue weighted by atomic mass is 16.5. The first-order chi connectivity index (χ1) is 10.2. The van der Waals surface area contributed by atoms with Crippen molar-refractivity contribution in [3.63, 3.8) is 0 Å². The summed E-state index contributed by atoms with van der Waals surface area (Å²) in [7, 11) is 1.70. The number of rotatable bonds is 4. The van der Waals surface area contributed by atoms with Gasteiger partial charge in [-0.1, -0.05) is 6.07 Å². The van der Waals surface area contributed by atoms with Crippen LogP contribution >= 0.6 is 0 Å². The molecule has 2 aliphatic heterocycles. The van der Waals surface area contributed by atoms with E-state index in [-0.39, 0.29) is 11.6 Å². The maximum absolute atomic E-state index is 6.21. The monoisotopic (exact) mass is 290 g/mol. The van der Waals surface area contributed by atoms with Gasteiger partial charge in [-0.25, -0.2) is 0 Å². The molecule has 2 N–H and O–H groups in total. The van der Waals surface area contributed by atoms with Gasteiger partial charge in [0.25, 0.3) is 0 Å². The molecule has 1 aromatic carbocycles. The molecule has 3 rings (SSSR count). The van der Waals surface area contributed by atoms with Gasteiger partial charge in [-0.15, -0.1) is 0 Å². The third kappa shape index (κ3) is 3.16. The highest BCUT2D eigenvalue weighted by Crippen LogP contribution is 2.37. The molecule has 116 valence electrons. The summed E-state index contributed by atoms with van der Waals surface area (Å²) in [5.41, 5.74) is 1.36. The molecule has 0 aromatic heterocycles. The molecule has 1 aromatic rings. The highest BCUT2D eigenvalue weighted by Gasteiger charge is 2.31.